The van der Waals surface area contributed by atoms with E-state index in [0.717, 1.165) is 11.6 Å². The van der Waals surface area contributed by atoms with Crippen LogP contribution in [-0.2, 0) is 0 Å². The number of aryl methyl sites for hydroxylation is 1. The van der Waals surface area contributed by atoms with Gasteiger partial charge in [0.25, 0.3) is 0 Å². The minimum Gasteiger partial charge on any atom is -0.487 e. The molecule has 1 aromatic carbocycles. The second-order valence-corrected chi connectivity index (χ2v) is 8.21. The summed E-state index contributed by atoms with van der Waals surface area (Å²) in [5.74, 6) is -1.02. The number of carboxylic acids is 1. The van der Waals surface area contributed by atoms with Gasteiger partial charge in [-0.3, -0.25) is 4.79 Å². The summed E-state index contributed by atoms with van der Waals surface area (Å²) in [5, 5.41) is 9.43. The average molecular weight is 439 g/mol. The number of halogens is 1. The van der Waals surface area contributed by atoms with Crippen LogP contribution in [0.5, 0.6) is 5.75 Å². The first kappa shape index (κ1) is 20.2. The minimum absolute atomic E-state index is 0.0133. The van der Waals surface area contributed by atoms with Crippen LogP contribution in [0.1, 0.15) is 28.9 Å². The van der Waals surface area contributed by atoms with Crippen molar-refractivity contribution in [2.24, 2.45) is 0 Å². The topological polar surface area (TPSA) is 101 Å². The third-order valence-corrected chi connectivity index (χ3v) is 6.02. The fraction of sp³-hybridized carbons (Fsp3) is 0.364. The van der Waals surface area contributed by atoms with Gasteiger partial charge in [-0.2, -0.15) is 0 Å². The van der Waals surface area contributed by atoms with E-state index in [1.807, 2.05) is 23.6 Å². The van der Waals surface area contributed by atoms with Gasteiger partial charge in [0.05, 0.1) is 16.9 Å². The summed E-state index contributed by atoms with van der Waals surface area (Å²) < 4.78 is 23.0. The summed E-state index contributed by atoms with van der Waals surface area (Å²) in [7, 11) is 0. The Hall–Kier alpha value is -3.69. The number of carbonyl (C=O) groups is 1. The number of hydrogen-bond acceptors (Lipinski definition) is 7. The molecular formula is C22H22FN5O4. The highest BCUT2D eigenvalue weighted by molar-refractivity contribution is 5.97. The number of rotatable bonds is 3. The molecule has 1 atom stereocenters. The Morgan fingerprint density at radius 2 is 1.84 bits per heavy atom. The Labute approximate surface area is 182 Å². The minimum atomic E-state index is -1.33. The van der Waals surface area contributed by atoms with Crippen molar-refractivity contribution in [1.29, 1.82) is 0 Å². The molecule has 2 aliphatic heterocycles. The summed E-state index contributed by atoms with van der Waals surface area (Å²) in [6.45, 7) is 6.27. The molecule has 5 rings (SSSR count). The van der Waals surface area contributed by atoms with E-state index in [1.165, 1.54) is 6.20 Å². The molecule has 2 aromatic heterocycles. The lowest BCUT2D eigenvalue weighted by molar-refractivity contribution is 0.0694. The number of pyridine rings is 1. The molecule has 1 saturated heterocycles. The smallest absolute Gasteiger partial charge is 0.341 e. The first-order valence-corrected chi connectivity index (χ1v) is 10.4. The molecule has 32 heavy (non-hydrogen) atoms. The molecular weight excluding hydrogens is 417 g/mol. The molecule has 0 aliphatic carbocycles. The lowest BCUT2D eigenvalue weighted by Gasteiger charge is -2.38. The zero-order valence-corrected chi connectivity index (χ0v) is 17.7. The number of anilines is 2. The second kappa shape index (κ2) is 7.47. The summed E-state index contributed by atoms with van der Waals surface area (Å²) in [4.78, 5) is 36.9. The van der Waals surface area contributed by atoms with Crippen molar-refractivity contribution in [3.05, 3.63) is 51.8 Å². The number of nitrogens with zero attached hydrogens (tertiary/aromatic N) is 5. The number of aromatic carboxylic acids is 1. The van der Waals surface area contributed by atoms with Gasteiger partial charge in [0.1, 0.15) is 17.9 Å². The molecule has 166 valence electrons. The number of aromatic nitrogens is 3. The number of ether oxygens (including phenoxy) is 1. The monoisotopic (exact) mass is 439 g/mol. The second-order valence-electron chi connectivity index (χ2n) is 8.21. The van der Waals surface area contributed by atoms with Gasteiger partial charge >= 0.3 is 5.97 Å². The van der Waals surface area contributed by atoms with Gasteiger partial charge < -0.3 is 24.2 Å². The van der Waals surface area contributed by atoms with Gasteiger partial charge in [-0.15, -0.1) is 0 Å². The van der Waals surface area contributed by atoms with Crippen LogP contribution in [0.3, 0.4) is 0 Å². The Bertz CT molecular complexity index is 1280. The number of piperazine rings is 1. The summed E-state index contributed by atoms with van der Waals surface area (Å²) in [5.41, 5.74) is 0.614. The van der Waals surface area contributed by atoms with Gasteiger partial charge in [0.2, 0.25) is 11.4 Å². The lowest BCUT2D eigenvalue weighted by Crippen LogP contribution is -2.47. The van der Waals surface area contributed by atoms with Crippen LogP contribution >= 0.6 is 0 Å². The van der Waals surface area contributed by atoms with Crippen molar-refractivity contribution in [2.75, 3.05) is 42.6 Å². The third-order valence-electron chi connectivity index (χ3n) is 6.02. The summed E-state index contributed by atoms with van der Waals surface area (Å²) in [6, 6.07) is 0.938. The van der Waals surface area contributed by atoms with E-state index in [0.29, 0.717) is 43.3 Å². The number of carboxylic acid groups (broad SMARTS) is 1. The zero-order chi connectivity index (χ0) is 22.6. The fourth-order valence-corrected chi connectivity index (χ4v) is 4.34. The standard InChI is InChI=1S/C22H22FN5O4/c1-12-8-24-22(25-9-12)27-5-3-26(4-6-27)18-16(23)7-14-17-20(18)32-11-13(2)28(17)10-15(19(14)29)21(30)31/h7-10,13H,3-6,11H2,1-2H3,(H,30,31)/t13-/m0/s1. The molecule has 0 radical (unpaired) electrons. The molecule has 4 heterocycles. The van der Waals surface area contributed by atoms with Crippen LogP contribution in [0.4, 0.5) is 16.0 Å². The maximum absolute atomic E-state index is 15.3. The highest BCUT2D eigenvalue weighted by Crippen LogP contribution is 2.42. The fourth-order valence-electron chi connectivity index (χ4n) is 4.34. The molecule has 0 spiro atoms. The molecule has 3 aromatic rings. The molecule has 0 saturated carbocycles. The van der Waals surface area contributed by atoms with Crippen molar-refractivity contribution in [3.8, 4) is 5.75 Å². The van der Waals surface area contributed by atoms with E-state index in [2.05, 4.69) is 9.97 Å². The van der Waals surface area contributed by atoms with Crippen LogP contribution in [0.25, 0.3) is 10.9 Å². The van der Waals surface area contributed by atoms with E-state index < -0.39 is 17.2 Å². The summed E-state index contributed by atoms with van der Waals surface area (Å²) >= 11 is 0. The van der Waals surface area contributed by atoms with Crippen LogP contribution in [0, 0.1) is 12.7 Å². The van der Waals surface area contributed by atoms with E-state index >= 15 is 4.39 Å². The van der Waals surface area contributed by atoms with Crippen molar-refractivity contribution < 1.29 is 19.0 Å². The molecule has 0 unspecified atom stereocenters. The quantitative estimate of drug-likeness (QED) is 0.663. The van der Waals surface area contributed by atoms with E-state index in [-0.39, 0.29) is 29.3 Å². The van der Waals surface area contributed by atoms with Gasteiger partial charge in [-0.25, -0.2) is 19.2 Å². The number of hydrogen-bond donors (Lipinski definition) is 1. The van der Waals surface area contributed by atoms with Crippen LogP contribution < -0.4 is 20.0 Å². The Balaban J connectivity index is 1.55. The van der Waals surface area contributed by atoms with E-state index in [1.54, 1.807) is 17.0 Å². The van der Waals surface area contributed by atoms with Gasteiger partial charge in [-0.05, 0) is 25.5 Å². The number of benzene rings is 1. The van der Waals surface area contributed by atoms with Crippen molar-refractivity contribution >= 4 is 28.5 Å². The maximum Gasteiger partial charge on any atom is 0.341 e. The van der Waals surface area contributed by atoms with Crippen molar-refractivity contribution in [3.63, 3.8) is 0 Å². The Morgan fingerprint density at radius 1 is 1.19 bits per heavy atom. The highest BCUT2D eigenvalue weighted by atomic mass is 19.1. The first-order chi connectivity index (χ1) is 15.3. The molecule has 9 nitrogen and oxygen atoms in total. The highest BCUT2D eigenvalue weighted by Gasteiger charge is 2.31. The average Bonchev–Trinajstić information content (AvgIpc) is 2.78. The Morgan fingerprint density at radius 3 is 2.50 bits per heavy atom. The van der Waals surface area contributed by atoms with Crippen LogP contribution in [-0.4, -0.2) is 58.4 Å². The predicted octanol–water partition coefficient (Wildman–Crippen LogP) is 2.22. The van der Waals surface area contributed by atoms with Gasteiger partial charge in [-0.1, -0.05) is 0 Å². The predicted molar refractivity (Wildman–Crippen MR) is 117 cm³/mol. The van der Waals surface area contributed by atoms with Crippen LogP contribution in [0.2, 0.25) is 0 Å². The van der Waals surface area contributed by atoms with E-state index in [4.69, 9.17) is 4.74 Å². The molecule has 10 heteroatoms. The molecule has 2 aliphatic rings. The van der Waals surface area contributed by atoms with E-state index in [9.17, 15) is 14.7 Å². The Kier molecular flexibility index (Phi) is 4.72. The SMILES string of the molecule is Cc1cnc(N2CCN(c3c(F)cc4c(=O)c(C(=O)O)cn5c4c3OC[C@@H]5C)CC2)nc1. The van der Waals surface area contributed by atoms with Crippen molar-refractivity contribution in [1.82, 2.24) is 14.5 Å². The lowest BCUT2D eigenvalue weighted by atomic mass is 10.1. The molecule has 0 bridgehead atoms. The zero-order valence-electron chi connectivity index (χ0n) is 17.7. The third kappa shape index (κ3) is 3.14. The first-order valence-electron chi connectivity index (χ1n) is 10.4. The summed E-state index contributed by atoms with van der Waals surface area (Å²) in [6.07, 6.45) is 4.86. The maximum atomic E-state index is 15.3. The molecule has 1 fully saturated rings. The van der Waals surface area contributed by atoms with Gasteiger partial charge in [0, 0.05) is 44.8 Å². The molecule has 0 amide bonds. The van der Waals surface area contributed by atoms with Crippen molar-refractivity contribution in [2.45, 2.75) is 19.9 Å². The van der Waals surface area contributed by atoms with Crippen LogP contribution in [0.15, 0.2) is 29.5 Å². The van der Waals surface area contributed by atoms with Gasteiger partial charge in [0.15, 0.2) is 11.6 Å². The molecule has 1 N–H and O–H groups in total. The normalized spacial score (nSPS) is 18.0. The largest absolute Gasteiger partial charge is 0.487 e.